The number of rotatable bonds is 6. The van der Waals surface area contributed by atoms with E-state index < -0.39 is 5.60 Å². The van der Waals surface area contributed by atoms with Crippen molar-refractivity contribution in [2.45, 2.75) is 110 Å². The van der Waals surface area contributed by atoms with Crippen LogP contribution in [0.4, 0.5) is 0 Å². The Kier molecular flexibility index (Phi) is 6.96. The van der Waals surface area contributed by atoms with E-state index in [4.69, 9.17) is 0 Å². The molecule has 28 heavy (non-hydrogen) atoms. The first-order chi connectivity index (χ1) is 13.2. The molecule has 0 aliphatic heterocycles. The minimum Gasteiger partial charge on any atom is -0.390 e. The maximum atomic E-state index is 10.0. The summed E-state index contributed by atoms with van der Waals surface area (Å²) in [5.74, 6) is 2.41. The van der Waals surface area contributed by atoms with Crippen LogP contribution in [0.25, 0.3) is 0 Å². The summed E-state index contributed by atoms with van der Waals surface area (Å²) in [5.41, 5.74) is 4.59. The molecule has 3 fully saturated rings. The van der Waals surface area contributed by atoms with Gasteiger partial charge in [0.05, 0.1) is 5.60 Å². The van der Waals surface area contributed by atoms with Gasteiger partial charge in [-0.05, 0) is 107 Å². The average molecular weight is 385 g/mol. The number of fused-ring (bicyclic) bond motifs is 1. The topological polar surface area (TPSA) is 20.2 Å². The Labute approximate surface area is 174 Å². The molecule has 4 unspecified atom stereocenters. The van der Waals surface area contributed by atoms with Crippen LogP contribution in [-0.2, 0) is 0 Å². The second-order valence-electron chi connectivity index (χ2n) is 11.0. The highest BCUT2D eigenvalue weighted by molar-refractivity contribution is 5.35. The molecular weight excluding hydrogens is 340 g/mol. The van der Waals surface area contributed by atoms with Crippen LogP contribution in [0.3, 0.4) is 0 Å². The summed E-state index contributed by atoms with van der Waals surface area (Å²) in [6.07, 6.45) is 20.2. The van der Waals surface area contributed by atoms with E-state index in [-0.39, 0.29) is 0 Å². The molecule has 0 spiro atoms. The van der Waals surface area contributed by atoms with Gasteiger partial charge in [0.1, 0.15) is 0 Å². The van der Waals surface area contributed by atoms with Gasteiger partial charge < -0.3 is 5.11 Å². The average Bonchev–Trinajstić information content (AvgIpc) is 2.97. The standard InChI is InChI=1S/C27H44O/c1-20-10-6-7-12-22(20)14-15-23-13-9-19-27(5)24(16-17-25(23)27)21(2)11-8-18-26(3,4)28/h14-15,21,24-25,28H,1,6-13,16-19H2,2-5H3. The predicted molar refractivity (Wildman–Crippen MR) is 121 cm³/mol. The lowest BCUT2D eigenvalue weighted by Crippen LogP contribution is -2.36. The first-order valence-electron chi connectivity index (χ1n) is 12.0. The Hall–Kier alpha value is -0.820. The third kappa shape index (κ3) is 5.02. The van der Waals surface area contributed by atoms with Gasteiger partial charge in [0.2, 0.25) is 0 Å². The van der Waals surface area contributed by atoms with Gasteiger partial charge in [0, 0.05) is 0 Å². The quantitative estimate of drug-likeness (QED) is 0.496. The van der Waals surface area contributed by atoms with E-state index in [9.17, 15) is 5.11 Å². The molecule has 0 aromatic carbocycles. The first kappa shape index (κ1) is 21.9. The van der Waals surface area contributed by atoms with Crippen LogP contribution >= 0.6 is 0 Å². The van der Waals surface area contributed by atoms with E-state index in [0.717, 1.165) is 30.6 Å². The van der Waals surface area contributed by atoms with Crippen LogP contribution in [0.5, 0.6) is 0 Å². The molecule has 0 aromatic heterocycles. The SMILES string of the molecule is C=C1CCCCC1=CC=C1CCCC2(C)C1CCC2C(C)CCCC(C)(C)O. The van der Waals surface area contributed by atoms with E-state index in [1.165, 1.54) is 75.4 Å². The number of hydrogen-bond acceptors (Lipinski definition) is 1. The maximum absolute atomic E-state index is 10.0. The van der Waals surface area contributed by atoms with Crippen molar-refractivity contribution in [2.24, 2.45) is 23.2 Å². The number of allylic oxidation sites excluding steroid dienone is 5. The molecule has 0 amide bonds. The van der Waals surface area contributed by atoms with E-state index in [2.05, 4.69) is 32.6 Å². The third-order valence-electron chi connectivity index (χ3n) is 8.30. The Balaban J connectivity index is 1.67. The summed E-state index contributed by atoms with van der Waals surface area (Å²) < 4.78 is 0. The second-order valence-corrected chi connectivity index (χ2v) is 11.0. The molecule has 3 aliphatic rings. The Morgan fingerprint density at radius 2 is 1.89 bits per heavy atom. The molecule has 3 rings (SSSR count). The lowest BCUT2D eigenvalue weighted by Gasteiger charge is -2.44. The molecule has 158 valence electrons. The molecule has 0 bridgehead atoms. The van der Waals surface area contributed by atoms with E-state index >= 15 is 0 Å². The fraction of sp³-hybridized carbons (Fsp3) is 0.778. The van der Waals surface area contributed by atoms with Crippen LogP contribution in [0.1, 0.15) is 105 Å². The van der Waals surface area contributed by atoms with Crippen LogP contribution in [-0.4, -0.2) is 10.7 Å². The molecule has 4 atom stereocenters. The van der Waals surface area contributed by atoms with Crippen molar-refractivity contribution in [3.8, 4) is 0 Å². The van der Waals surface area contributed by atoms with Crippen molar-refractivity contribution in [3.63, 3.8) is 0 Å². The third-order valence-corrected chi connectivity index (χ3v) is 8.30. The van der Waals surface area contributed by atoms with Crippen molar-refractivity contribution < 1.29 is 5.11 Å². The van der Waals surface area contributed by atoms with Crippen LogP contribution in [0, 0.1) is 23.2 Å². The van der Waals surface area contributed by atoms with E-state index in [1.54, 1.807) is 5.57 Å². The second kappa shape index (κ2) is 8.90. The molecule has 0 heterocycles. The molecule has 1 nitrogen and oxygen atoms in total. The normalized spacial score (nSPS) is 35.4. The van der Waals surface area contributed by atoms with Crippen molar-refractivity contribution in [3.05, 3.63) is 35.5 Å². The zero-order valence-corrected chi connectivity index (χ0v) is 19.0. The molecule has 0 aromatic rings. The fourth-order valence-electron chi connectivity index (χ4n) is 6.67. The molecular formula is C27H44O. The van der Waals surface area contributed by atoms with Crippen molar-refractivity contribution >= 4 is 0 Å². The highest BCUT2D eigenvalue weighted by Gasteiger charge is 2.50. The summed E-state index contributed by atoms with van der Waals surface area (Å²) in [6, 6.07) is 0. The zero-order valence-electron chi connectivity index (χ0n) is 19.0. The molecule has 1 heteroatoms. The first-order valence-corrected chi connectivity index (χ1v) is 12.0. The van der Waals surface area contributed by atoms with Crippen molar-refractivity contribution in [2.75, 3.05) is 0 Å². The van der Waals surface area contributed by atoms with E-state index in [1.807, 2.05) is 13.8 Å². The predicted octanol–water partition coefficient (Wildman–Crippen LogP) is 7.76. The maximum Gasteiger partial charge on any atom is 0.0591 e. The fourth-order valence-corrected chi connectivity index (χ4v) is 6.67. The summed E-state index contributed by atoms with van der Waals surface area (Å²) in [4.78, 5) is 0. The lowest BCUT2D eigenvalue weighted by molar-refractivity contribution is 0.0597. The Morgan fingerprint density at radius 3 is 2.61 bits per heavy atom. The summed E-state index contributed by atoms with van der Waals surface area (Å²) in [5, 5.41) is 10.0. The monoisotopic (exact) mass is 384 g/mol. The van der Waals surface area contributed by atoms with E-state index in [0.29, 0.717) is 5.41 Å². The molecule has 3 aliphatic carbocycles. The van der Waals surface area contributed by atoms with Gasteiger partial charge in [-0.2, -0.15) is 0 Å². The van der Waals surface area contributed by atoms with Crippen molar-refractivity contribution in [1.82, 2.24) is 0 Å². The van der Waals surface area contributed by atoms with Crippen LogP contribution in [0.15, 0.2) is 35.5 Å². The van der Waals surface area contributed by atoms with Gasteiger partial charge in [0.15, 0.2) is 0 Å². The molecule has 0 radical (unpaired) electrons. The Bertz CT molecular complexity index is 617. The molecule has 1 N–H and O–H groups in total. The van der Waals surface area contributed by atoms with Crippen LogP contribution < -0.4 is 0 Å². The molecule has 0 saturated heterocycles. The lowest BCUT2D eigenvalue weighted by atomic mass is 9.60. The summed E-state index contributed by atoms with van der Waals surface area (Å²) >= 11 is 0. The zero-order chi connectivity index (χ0) is 20.4. The minimum absolute atomic E-state index is 0.486. The Morgan fingerprint density at radius 1 is 1.14 bits per heavy atom. The smallest absolute Gasteiger partial charge is 0.0591 e. The number of hydrogen-bond donors (Lipinski definition) is 1. The van der Waals surface area contributed by atoms with Gasteiger partial charge in [0.25, 0.3) is 0 Å². The van der Waals surface area contributed by atoms with Gasteiger partial charge >= 0.3 is 0 Å². The summed E-state index contributed by atoms with van der Waals surface area (Å²) in [7, 11) is 0. The minimum atomic E-state index is -0.515. The summed E-state index contributed by atoms with van der Waals surface area (Å²) in [6.45, 7) is 13.3. The number of aliphatic hydroxyl groups is 1. The van der Waals surface area contributed by atoms with Crippen LogP contribution in [0.2, 0.25) is 0 Å². The molecule has 3 saturated carbocycles. The highest BCUT2D eigenvalue weighted by atomic mass is 16.3. The van der Waals surface area contributed by atoms with Gasteiger partial charge in [-0.25, -0.2) is 0 Å². The largest absolute Gasteiger partial charge is 0.390 e. The highest BCUT2D eigenvalue weighted by Crippen LogP contribution is 2.59. The van der Waals surface area contributed by atoms with Gasteiger partial charge in [-0.1, -0.05) is 56.6 Å². The van der Waals surface area contributed by atoms with Crippen molar-refractivity contribution in [1.29, 1.82) is 0 Å². The van der Waals surface area contributed by atoms with Gasteiger partial charge in [-0.3, -0.25) is 0 Å². The van der Waals surface area contributed by atoms with Gasteiger partial charge in [-0.15, -0.1) is 0 Å².